The van der Waals surface area contributed by atoms with Crippen molar-refractivity contribution in [1.29, 1.82) is 0 Å². The van der Waals surface area contributed by atoms with Crippen molar-refractivity contribution in [2.24, 2.45) is 0 Å². The molecular formula is C15H14BrClO. The van der Waals surface area contributed by atoms with E-state index in [0.717, 1.165) is 17.1 Å². The van der Waals surface area contributed by atoms with Crippen LogP contribution in [0.1, 0.15) is 16.7 Å². The van der Waals surface area contributed by atoms with E-state index in [1.54, 1.807) is 0 Å². The van der Waals surface area contributed by atoms with Crippen LogP contribution in [0.25, 0.3) is 0 Å². The molecule has 0 saturated carbocycles. The molecule has 0 aliphatic rings. The van der Waals surface area contributed by atoms with Gasteiger partial charge in [-0.2, -0.15) is 0 Å². The molecule has 0 amide bonds. The summed E-state index contributed by atoms with van der Waals surface area (Å²) in [6, 6.07) is 11.9. The van der Waals surface area contributed by atoms with Gasteiger partial charge in [0, 0.05) is 10.9 Å². The van der Waals surface area contributed by atoms with Crippen LogP contribution < -0.4 is 4.74 Å². The monoisotopic (exact) mass is 324 g/mol. The van der Waals surface area contributed by atoms with Crippen LogP contribution in [0.4, 0.5) is 0 Å². The molecule has 2 aromatic carbocycles. The maximum absolute atomic E-state index is 6.19. The minimum atomic E-state index is 0.631. The van der Waals surface area contributed by atoms with Gasteiger partial charge in [0.2, 0.25) is 0 Å². The van der Waals surface area contributed by atoms with Gasteiger partial charge in [0.25, 0.3) is 0 Å². The van der Waals surface area contributed by atoms with Crippen molar-refractivity contribution in [2.45, 2.75) is 19.2 Å². The molecule has 0 unspecified atom stereocenters. The van der Waals surface area contributed by atoms with Gasteiger partial charge in [-0.3, -0.25) is 0 Å². The SMILES string of the molecule is Cc1cc(C)cc(Oc2c(Cl)cccc2CBr)c1. The number of aryl methyl sites for hydroxylation is 2. The Balaban J connectivity index is 2.39. The van der Waals surface area contributed by atoms with Gasteiger partial charge in [-0.15, -0.1) is 0 Å². The van der Waals surface area contributed by atoms with Crippen LogP contribution in [0.2, 0.25) is 5.02 Å². The second kappa shape index (κ2) is 5.77. The highest BCUT2D eigenvalue weighted by molar-refractivity contribution is 9.08. The normalized spacial score (nSPS) is 10.4. The molecule has 0 aromatic heterocycles. The van der Waals surface area contributed by atoms with Gasteiger partial charge in [0.15, 0.2) is 0 Å². The molecule has 94 valence electrons. The van der Waals surface area contributed by atoms with E-state index in [1.807, 2.05) is 30.3 Å². The molecule has 0 saturated heterocycles. The zero-order valence-electron chi connectivity index (χ0n) is 10.3. The number of hydrogen-bond acceptors (Lipinski definition) is 1. The van der Waals surface area contributed by atoms with E-state index in [9.17, 15) is 0 Å². The number of rotatable bonds is 3. The van der Waals surface area contributed by atoms with Gasteiger partial charge in [-0.05, 0) is 43.2 Å². The Hall–Kier alpha value is -0.990. The lowest BCUT2D eigenvalue weighted by Gasteiger charge is -2.12. The first-order chi connectivity index (χ1) is 8.60. The van der Waals surface area contributed by atoms with Crippen molar-refractivity contribution in [3.05, 3.63) is 58.1 Å². The predicted octanol–water partition coefficient (Wildman–Crippen LogP) is 5.64. The zero-order valence-corrected chi connectivity index (χ0v) is 12.7. The Bertz CT molecular complexity index is 546. The Morgan fingerprint density at radius 1 is 1.11 bits per heavy atom. The molecular weight excluding hydrogens is 312 g/mol. The van der Waals surface area contributed by atoms with Crippen LogP contribution in [-0.4, -0.2) is 0 Å². The fourth-order valence-corrected chi connectivity index (χ4v) is 2.56. The van der Waals surface area contributed by atoms with Gasteiger partial charge in [0.05, 0.1) is 5.02 Å². The standard InChI is InChI=1S/C15H14BrClO/c1-10-6-11(2)8-13(7-10)18-15-12(9-16)4-3-5-14(15)17/h3-8H,9H2,1-2H3. The minimum absolute atomic E-state index is 0.631. The first kappa shape index (κ1) is 13.4. The lowest BCUT2D eigenvalue weighted by Crippen LogP contribution is -1.91. The molecule has 18 heavy (non-hydrogen) atoms. The highest BCUT2D eigenvalue weighted by atomic mass is 79.9. The minimum Gasteiger partial charge on any atom is -0.455 e. The summed E-state index contributed by atoms with van der Waals surface area (Å²) in [5.74, 6) is 1.55. The maximum atomic E-state index is 6.19. The molecule has 1 nitrogen and oxygen atoms in total. The predicted molar refractivity (Wildman–Crippen MR) is 80.1 cm³/mol. The summed E-state index contributed by atoms with van der Waals surface area (Å²) in [4.78, 5) is 0. The fourth-order valence-electron chi connectivity index (χ4n) is 1.88. The number of hydrogen-bond donors (Lipinski definition) is 0. The summed E-state index contributed by atoms with van der Waals surface area (Å²) >= 11 is 9.64. The average Bonchev–Trinajstić information content (AvgIpc) is 2.30. The summed E-state index contributed by atoms with van der Waals surface area (Å²) in [5, 5.41) is 1.35. The number of alkyl halides is 1. The summed E-state index contributed by atoms with van der Waals surface area (Å²) in [6.07, 6.45) is 0. The second-order valence-corrected chi connectivity index (χ2v) is 5.26. The fraction of sp³-hybridized carbons (Fsp3) is 0.200. The number of ether oxygens (including phenoxy) is 1. The Labute approximate surface area is 121 Å². The van der Waals surface area contributed by atoms with Crippen LogP contribution in [0, 0.1) is 13.8 Å². The molecule has 0 radical (unpaired) electrons. The van der Waals surface area contributed by atoms with Crippen LogP contribution in [0.3, 0.4) is 0 Å². The molecule has 0 heterocycles. The molecule has 2 rings (SSSR count). The van der Waals surface area contributed by atoms with Gasteiger partial charge in [-0.1, -0.05) is 45.7 Å². The first-order valence-electron chi connectivity index (χ1n) is 5.69. The molecule has 3 heteroatoms. The number of benzene rings is 2. The molecule has 0 spiro atoms. The molecule has 0 aliphatic heterocycles. The molecule has 0 bridgehead atoms. The van der Waals surface area contributed by atoms with Crippen LogP contribution >= 0.6 is 27.5 Å². The highest BCUT2D eigenvalue weighted by Gasteiger charge is 2.09. The van der Waals surface area contributed by atoms with Gasteiger partial charge >= 0.3 is 0 Å². The van der Waals surface area contributed by atoms with E-state index >= 15 is 0 Å². The van der Waals surface area contributed by atoms with Crippen molar-refractivity contribution in [3.8, 4) is 11.5 Å². The Morgan fingerprint density at radius 2 is 1.78 bits per heavy atom. The number of para-hydroxylation sites is 1. The Kier molecular flexibility index (Phi) is 4.31. The second-order valence-electron chi connectivity index (χ2n) is 4.29. The highest BCUT2D eigenvalue weighted by Crippen LogP contribution is 2.34. The molecule has 0 aliphatic carbocycles. The van der Waals surface area contributed by atoms with E-state index in [0.29, 0.717) is 10.4 Å². The summed E-state index contributed by atoms with van der Waals surface area (Å²) < 4.78 is 5.93. The zero-order chi connectivity index (χ0) is 13.1. The van der Waals surface area contributed by atoms with E-state index < -0.39 is 0 Å². The first-order valence-corrected chi connectivity index (χ1v) is 7.19. The quantitative estimate of drug-likeness (QED) is 0.663. The third kappa shape index (κ3) is 3.06. The summed E-state index contributed by atoms with van der Waals surface area (Å²) in [6.45, 7) is 4.11. The van der Waals surface area contributed by atoms with E-state index in [-0.39, 0.29) is 0 Å². The third-order valence-corrected chi connectivity index (χ3v) is 3.51. The van der Waals surface area contributed by atoms with Gasteiger partial charge in [0.1, 0.15) is 11.5 Å². The lowest BCUT2D eigenvalue weighted by atomic mass is 10.1. The number of halogens is 2. The lowest BCUT2D eigenvalue weighted by molar-refractivity contribution is 0.478. The van der Waals surface area contributed by atoms with Crippen molar-refractivity contribution < 1.29 is 4.74 Å². The summed E-state index contributed by atoms with van der Waals surface area (Å²) in [5.41, 5.74) is 3.40. The average molecular weight is 326 g/mol. The van der Waals surface area contributed by atoms with Crippen molar-refractivity contribution in [3.63, 3.8) is 0 Å². The van der Waals surface area contributed by atoms with Gasteiger partial charge < -0.3 is 4.74 Å². The van der Waals surface area contributed by atoms with E-state index in [2.05, 4.69) is 35.8 Å². The maximum Gasteiger partial charge on any atom is 0.150 e. The Morgan fingerprint density at radius 3 is 2.39 bits per heavy atom. The molecule has 0 fully saturated rings. The van der Waals surface area contributed by atoms with E-state index in [4.69, 9.17) is 16.3 Å². The van der Waals surface area contributed by atoms with E-state index in [1.165, 1.54) is 11.1 Å². The van der Waals surface area contributed by atoms with Crippen molar-refractivity contribution >= 4 is 27.5 Å². The van der Waals surface area contributed by atoms with Crippen LogP contribution in [0.15, 0.2) is 36.4 Å². The topological polar surface area (TPSA) is 9.23 Å². The van der Waals surface area contributed by atoms with Crippen LogP contribution in [-0.2, 0) is 5.33 Å². The van der Waals surface area contributed by atoms with Crippen molar-refractivity contribution in [1.82, 2.24) is 0 Å². The molecule has 0 atom stereocenters. The summed E-state index contributed by atoms with van der Waals surface area (Å²) in [7, 11) is 0. The molecule has 2 aromatic rings. The molecule has 0 N–H and O–H groups in total. The van der Waals surface area contributed by atoms with Crippen LogP contribution in [0.5, 0.6) is 11.5 Å². The largest absolute Gasteiger partial charge is 0.455 e. The smallest absolute Gasteiger partial charge is 0.150 e. The van der Waals surface area contributed by atoms with Gasteiger partial charge in [-0.25, -0.2) is 0 Å². The third-order valence-electron chi connectivity index (χ3n) is 2.61. The van der Waals surface area contributed by atoms with Crippen molar-refractivity contribution in [2.75, 3.05) is 0 Å².